The highest BCUT2D eigenvalue weighted by atomic mass is 127. The summed E-state index contributed by atoms with van der Waals surface area (Å²) in [5.41, 5.74) is 2.02. The number of fused-ring (bicyclic) bond motifs is 1. The zero-order chi connectivity index (χ0) is 28.4. The predicted molar refractivity (Wildman–Crippen MR) is 165 cm³/mol. The molecule has 0 saturated heterocycles. The Balaban J connectivity index is 2.00. The van der Waals surface area contributed by atoms with Crippen LogP contribution in [0.3, 0.4) is 0 Å². The first kappa shape index (κ1) is 29.5. The Hall–Kier alpha value is -2.44. The van der Waals surface area contributed by atoms with Gasteiger partial charge in [0.25, 0.3) is 5.56 Å². The molecular weight excluding hydrogens is 695 g/mol. The largest absolute Gasteiger partial charge is 0.491 e. The molecule has 1 aromatic heterocycles. The van der Waals surface area contributed by atoms with Crippen molar-refractivity contribution in [3.05, 3.63) is 86.5 Å². The highest BCUT2D eigenvalue weighted by Crippen LogP contribution is 2.36. The van der Waals surface area contributed by atoms with Gasteiger partial charge in [-0.25, -0.2) is 9.79 Å². The molecule has 0 amide bonds. The number of hydrogen-bond donors (Lipinski definition) is 0. The zero-order valence-corrected chi connectivity index (χ0v) is 27.1. The molecule has 1 aliphatic heterocycles. The van der Waals surface area contributed by atoms with E-state index in [1.807, 2.05) is 70.2 Å². The van der Waals surface area contributed by atoms with E-state index in [0.29, 0.717) is 37.7 Å². The molecular formula is C29H30BrIN2O5S. The number of allylic oxidation sites excluding steroid dienone is 1. The van der Waals surface area contributed by atoms with Gasteiger partial charge in [0.1, 0.15) is 17.5 Å². The van der Waals surface area contributed by atoms with Gasteiger partial charge >= 0.3 is 5.97 Å². The Bertz CT molecular complexity index is 1620. The first-order valence-electron chi connectivity index (χ1n) is 12.6. The first-order valence-corrected chi connectivity index (χ1v) is 15.3. The van der Waals surface area contributed by atoms with Crippen LogP contribution in [0.2, 0.25) is 0 Å². The van der Waals surface area contributed by atoms with Crippen LogP contribution >= 0.6 is 49.9 Å². The number of rotatable bonds is 8. The van der Waals surface area contributed by atoms with E-state index >= 15 is 0 Å². The average molecular weight is 725 g/mol. The maximum atomic E-state index is 14.1. The monoisotopic (exact) mass is 724 g/mol. The predicted octanol–water partition coefficient (Wildman–Crippen LogP) is 5.74. The topological polar surface area (TPSA) is 79.1 Å². The van der Waals surface area contributed by atoms with E-state index in [0.717, 1.165) is 13.6 Å². The van der Waals surface area contributed by atoms with Gasteiger partial charge in [-0.15, -0.1) is 0 Å². The molecule has 0 spiro atoms. The number of aromatic nitrogens is 1. The summed E-state index contributed by atoms with van der Waals surface area (Å²) in [6.45, 7) is 11.5. The fourth-order valence-corrected chi connectivity index (χ4v) is 7.06. The van der Waals surface area contributed by atoms with E-state index in [1.54, 1.807) is 18.4 Å². The van der Waals surface area contributed by atoms with E-state index in [9.17, 15) is 9.59 Å². The third-order valence-corrected chi connectivity index (χ3v) is 8.01. The molecule has 1 aliphatic rings. The Morgan fingerprint density at radius 3 is 2.54 bits per heavy atom. The van der Waals surface area contributed by atoms with Crippen molar-refractivity contribution in [3.8, 4) is 11.5 Å². The lowest BCUT2D eigenvalue weighted by Gasteiger charge is -2.26. The molecule has 2 heterocycles. The minimum absolute atomic E-state index is 0.0414. The van der Waals surface area contributed by atoms with Crippen LogP contribution in [0.25, 0.3) is 6.08 Å². The van der Waals surface area contributed by atoms with Crippen molar-refractivity contribution in [2.45, 2.75) is 59.8 Å². The molecule has 4 rings (SSSR count). The molecule has 7 nitrogen and oxygen atoms in total. The minimum Gasteiger partial charge on any atom is -0.491 e. The smallest absolute Gasteiger partial charge is 0.338 e. The van der Waals surface area contributed by atoms with Crippen LogP contribution in [0.5, 0.6) is 11.5 Å². The van der Waals surface area contributed by atoms with Crippen LogP contribution in [0, 0.1) is 3.57 Å². The minimum atomic E-state index is -0.758. The van der Waals surface area contributed by atoms with Crippen molar-refractivity contribution >= 4 is 61.9 Å². The van der Waals surface area contributed by atoms with Gasteiger partial charge in [0.15, 0.2) is 4.80 Å². The van der Waals surface area contributed by atoms with Gasteiger partial charge in [0.05, 0.1) is 38.2 Å². The molecule has 0 unspecified atom stereocenters. The molecule has 0 radical (unpaired) electrons. The molecule has 39 heavy (non-hydrogen) atoms. The van der Waals surface area contributed by atoms with E-state index < -0.39 is 12.0 Å². The normalized spacial score (nSPS) is 15.4. The number of ether oxygens (including phenoxy) is 3. The van der Waals surface area contributed by atoms with Gasteiger partial charge in [-0.3, -0.25) is 9.36 Å². The van der Waals surface area contributed by atoms with Crippen LogP contribution in [0.1, 0.15) is 58.7 Å². The number of nitrogens with zero attached hydrogens (tertiary/aromatic N) is 2. The SMILES string of the molecule is CCOC(=O)C1=C(C)N=c2s/c(=C\c3cc(Br)cc(I)c3OC(C)C)c(=O)n2[C@@H]1c1ccccc1OC(C)C. The van der Waals surface area contributed by atoms with Crippen LogP contribution in [-0.2, 0) is 9.53 Å². The molecule has 206 valence electrons. The second-order valence-electron chi connectivity index (χ2n) is 9.48. The fraction of sp³-hybridized carbons (Fsp3) is 0.345. The van der Waals surface area contributed by atoms with Crippen molar-refractivity contribution < 1.29 is 19.0 Å². The number of para-hydroxylation sites is 1. The van der Waals surface area contributed by atoms with Crippen molar-refractivity contribution in [1.82, 2.24) is 4.57 Å². The summed E-state index contributed by atoms with van der Waals surface area (Å²) in [6.07, 6.45) is 1.68. The van der Waals surface area contributed by atoms with E-state index in [2.05, 4.69) is 43.5 Å². The third kappa shape index (κ3) is 6.33. The lowest BCUT2D eigenvalue weighted by molar-refractivity contribution is -0.139. The second kappa shape index (κ2) is 12.4. The van der Waals surface area contributed by atoms with Gasteiger partial charge in [0, 0.05) is 15.6 Å². The van der Waals surface area contributed by atoms with Crippen molar-refractivity contribution in [1.29, 1.82) is 0 Å². The molecule has 10 heteroatoms. The van der Waals surface area contributed by atoms with Crippen molar-refractivity contribution in [3.63, 3.8) is 0 Å². The lowest BCUT2D eigenvalue weighted by Crippen LogP contribution is -2.40. The highest BCUT2D eigenvalue weighted by molar-refractivity contribution is 14.1. The number of carbonyl (C=O) groups is 1. The molecule has 0 fully saturated rings. The summed E-state index contributed by atoms with van der Waals surface area (Å²) in [5.74, 6) is 0.791. The number of hydrogen-bond acceptors (Lipinski definition) is 7. The molecule has 1 atom stereocenters. The number of halogens is 2. The Labute approximate surface area is 253 Å². The van der Waals surface area contributed by atoms with Crippen LogP contribution < -0.4 is 24.4 Å². The van der Waals surface area contributed by atoms with Crippen LogP contribution in [-0.4, -0.2) is 29.4 Å². The highest BCUT2D eigenvalue weighted by Gasteiger charge is 2.35. The number of esters is 1. The van der Waals surface area contributed by atoms with Crippen molar-refractivity contribution in [2.24, 2.45) is 4.99 Å². The summed E-state index contributed by atoms with van der Waals surface area (Å²) in [5, 5.41) is 0. The van der Waals surface area contributed by atoms with Gasteiger partial charge in [-0.2, -0.15) is 0 Å². The van der Waals surface area contributed by atoms with E-state index in [1.165, 1.54) is 11.3 Å². The summed E-state index contributed by atoms with van der Waals surface area (Å²) in [6, 6.07) is 10.6. The molecule has 2 aromatic carbocycles. The quantitative estimate of drug-likeness (QED) is 0.219. The van der Waals surface area contributed by atoms with Crippen molar-refractivity contribution in [2.75, 3.05) is 6.61 Å². The molecule has 0 saturated carbocycles. The summed E-state index contributed by atoms with van der Waals surface area (Å²) in [4.78, 5) is 32.5. The van der Waals surface area contributed by atoms with Gasteiger partial charge in [-0.1, -0.05) is 45.5 Å². The Kier molecular flexibility index (Phi) is 9.38. The van der Waals surface area contributed by atoms with Crippen LogP contribution in [0.4, 0.5) is 0 Å². The Morgan fingerprint density at radius 2 is 1.87 bits per heavy atom. The summed E-state index contributed by atoms with van der Waals surface area (Å²) < 4.78 is 21.5. The standard InChI is InChI=1S/C29H30BrIN2O5S/c1-7-36-28(35)24-17(6)32-29-33(25(24)20-10-8-9-11-22(20)37-15(2)3)27(34)23(39-29)13-18-12-19(30)14-21(31)26(18)38-16(4)5/h8-16,25H,7H2,1-6H3/b23-13-/t25-/m1/s1. The van der Waals surface area contributed by atoms with E-state index in [-0.39, 0.29) is 24.4 Å². The first-order chi connectivity index (χ1) is 18.5. The van der Waals surface area contributed by atoms with Gasteiger partial charge in [0.2, 0.25) is 0 Å². The number of carbonyl (C=O) groups excluding carboxylic acids is 1. The zero-order valence-electron chi connectivity index (χ0n) is 22.6. The van der Waals surface area contributed by atoms with E-state index in [4.69, 9.17) is 14.2 Å². The Morgan fingerprint density at radius 1 is 1.18 bits per heavy atom. The number of benzene rings is 2. The fourth-order valence-electron chi connectivity index (χ4n) is 4.34. The summed E-state index contributed by atoms with van der Waals surface area (Å²) in [7, 11) is 0. The second-order valence-corrected chi connectivity index (χ2v) is 12.6. The maximum Gasteiger partial charge on any atom is 0.338 e. The molecule has 3 aromatic rings. The molecule has 0 aliphatic carbocycles. The van der Waals surface area contributed by atoms with Crippen LogP contribution in [0.15, 0.2) is 61.9 Å². The molecule has 0 bridgehead atoms. The average Bonchev–Trinajstić information content (AvgIpc) is 3.14. The summed E-state index contributed by atoms with van der Waals surface area (Å²) >= 11 is 7.07. The third-order valence-electron chi connectivity index (χ3n) is 5.77. The van der Waals surface area contributed by atoms with Gasteiger partial charge < -0.3 is 14.2 Å². The van der Waals surface area contributed by atoms with Gasteiger partial charge in [-0.05, 0) is 88.4 Å². The lowest BCUT2D eigenvalue weighted by atomic mass is 9.95. The number of thiazole rings is 1. The molecule has 0 N–H and O–H groups in total. The maximum absolute atomic E-state index is 14.1.